The monoisotopic (exact) mass is 268 g/mol. The third-order valence-electron chi connectivity index (χ3n) is 3.43. The van der Waals surface area contributed by atoms with Gasteiger partial charge >= 0.3 is 0 Å². The average molecular weight is 269 g/mol. The second kappa shape index (κ2) is 4.86. The SMILES string of the molecule is CN1CCN(c2cc(Cl)cc3c2OCCO3)CC1. The van der Waals surface area contributed by atoms with E-state index in [0.717, 1.165) is 43.4 Å². The minimum Gasteiger partial charge on any atom is -0.486 e. The van der Waals surface area contributed by atoms with E-state index in [-0.39, 0.29) is 0 Å². The molecular formula is C13H17ClN2O2. The standard InChI is InChI=1S/C13H17ClN2O2/c1-15-2-4-16(5-3-15)11-8-10(14)9-12-13(11)18-7-6-17-12/h8-9H,2-7H2,1H3. The minimum atomic E-state index is 0.593. The summed E-state index contributed by atoms with van der Waals surface area (Å²) in [6.07, 6.45) is 0. The van der Waals surface area contributed by atoms with Gasteiger partial charge in [0.15, 0.2) is 11.5 Å². The number of rotatable bonds is 1. The Balaban J connectivity index is 1.93. The number of halogens is 1. The van der Waals surface area contributed by atoms with E-state index >= 15 is 0 Å². The molecule has 0 unspecified atom stereocenters. The molecule has 5 heteroatoms. The minimum absolute atomic E-state index is 0.593. The van der Waals surface area contributed by atoms with E-state index in [9.17, 15) is 0 Å². The van der Waals surface area contributed by atoms with Crippen LogP contribution in [0.15, 0.2) is 12.1 Å². The van der Waals surface area contributed by atoms with Crippen molar-refractivity contribution in [3.8, 4) is 11.5 Å². The number of ether oxygens (including phenoxy) is 2. The van der Waals surface area contributed by atoms with Crippen molar-refractivity contribution in [3.05, 3.63) is 17.2 Å². The fourth-order valence-corrected chi connectivity index (χ4v) is 2.59. The molecule has 1 aromatic rings. The van der Waals surface area contributed by atoms with Crippen LogP contribution in [0.3, 0.4) is 0 Å². The lowest BCUT2D eigenvalue weighted by Gasteiger charge is -2.35. The summed E-state index contributed by atoms with van der Waals surface area (Å²) in [7, 11) is 2.14. The van der Waals surface area contributed by atoms with E-state index < -0.39 is 0 Å². The zero-order chi connectivity index (χ0) is 12.5. The smallest absolute Gasteiger partial charge is 0.184 e. The molecule has 98 valence electrons. The number of fused-ring (bicyclic) bond motifs is 1. The Morgan fingerprint density at radius 1 is 1.06 bits per heavy atom. The summed E-state index contributed by atoms with van der Waals surface area (Å²) >= 11 is 6.16. The first kappa shape index (κ1) is 11.9. The Morgan fingerprint density at radius 2 is 1.78 bits per heavy atom. The van der Waals surface area contributed by atoms with Gasteiger partial charge in [-0.25, -0.2) is 0 Å². The Hall–Kier alpha value is -1.13. The van der Waals surface area contributed by atoms with Crippen LogP contribution >= 0.6 is 11.6 Å². The maximum Gasteiger partial charge on any atom is 0.184 e. The molecule has 0 aromatic heterocycles. The molecule has 1 aromatic carbocycles. The number of hydrogen-bond donors (Lipinski definition) is 0. The van der Waals surface area contributed by atoms with Crippen LogP contribution in [0, 0.1) is 0 Å². The largest absolute Gasteiger partial charge is 0.486 e. The van der Waals surface area contributed by atoms with Crippen molar-refractivity contribution in [3.63, 3.8) is 0 Å². The fourth-order valence-electron chi connectivity index (χ4n) is 2.38. The summed E-state index contributed by atoms with van der Waals surface area (Å²) < 4.78 is 11.4. The van der Waals surface area contributed by atoms with Gasteiger partial charge in [-0.2, -0.15) is 0 Å². The second-order valence-electron chi connectivity index (χ2n) is 4.74. The predicted molar refractivity (Wildman–Crippen MR) is 72.2 cm³/mol. The molecule has 18 heavy (non-hydrogen) atoms. The highest BCUT2D eigenvalue weighted by Gasteiger charge is 2.23. The summed E-state index contributed by atoms with van der Waals surface area (Å²) in [5, 5.41) is 0.702. The first-order chi connectivity index (χ1) is 8.74. The van der Waals surface area contributed by atoms with Gasteiger partial charge in [0.2, 0.25) is 0 Å². The average Bonchev–Trinajstić information content (AvgIpc) is 2.38. The number of hydrogen-bond acceptors (Lipinski definition) is 4. The second-order valence-corrected chi connectivity index (χ2v) is 5.18. The van der Waals surface area contributed by atoms with Crippen LogP contribution in [0.25, 0.3) is 0 Å². The molecule has 3 rings (SSSR count). The van der Waals surface area contributed by atoms with E-state index in [2.05, 4.69) is 16.8 Å². The maximum atomic E-state index is 6.16. The molecule has 0 bridgehead atoms. The molecule has 0 aliphatic carbocycles. The fraction of sp³-hybridized carbons (Fsp3) is 0.538. The molecule has 0 amide bonds. The number of piperazine rings is 1. The molecule has 2 aliphatic heterocycles. The predicted octanol–water partition coefficient (Wildman–Crippen LogP) is 1.86. The van der Waals surface area contributed by atoms with E-state index in [1.807, 2.05) is 12.1 Å². The van der Waals surface area contributed by atoms with Gasteiger partial charge in [-0.05, 0) is 13.1 Å². The van der Waals surface area contributed by atoms with Crippen molar-refractivity contribution < 1.29 is 9.47 Å². The Kier molecular flexibility index (Phi) is 3.22. The van der Waals surface area contributed by atoms with Crippen LogP contribution in [0.5, 0.6) is 11.5 Å². The van der Waals surface area contributed by atoms with Crippen molar-refractivity contribution in [1.29, 1.82) is 0 Å². The molecule has 1 fully saturated rings. The summed E-state index contributed by atoms with van der Waals surface area (Å²) in [5.41, 5.74) is 1.06. The first-order valence-corrected chi connectivity index (χ1v) is 6.64. The lowest BCUT2D eigenvalue weighted by Crippen LogP contribution is -2.44. The van der Waals surface area contributed by atoms with E-state index in [1.54, 1.807) is 0 Å². The van der Waals surface area contributed by atoms with Gasteiger partial charge in [0, 0.05) is 37.3 Å². The van der Waals surface area contributed by atoms with Gasteiger partial charge < -0.3 is 19.3 Å². The molecule has 0 N–H and O–H groups in total. The van der Waals surface area contributed by atoms with Gasteiger partial charge in [0.25, 0.3) is 0 Å². The number of anilines is 1. The van der Waals surface area contributed by atoms with Gasteiger partial charge in [0.05, 0.1) is 5.69 Å². The molecule has 0 saturated carbocycles. The molecule has 1 saturated heterocycles. The van der Waals surface area contributed by atoms with E-state index in [0.29, 0.717) is 18.2 Å². The molecule has 2 aliphatic rings. The van der Waals surface area contributed by atoms with Crippen molar-refractivity contribution in [2.75, 3.05) is 51.3 Å². The highest BCUT2D eigenvalue weighted by atomic mass is 35.5. The van der Waals surface area contributed by atoms with Crippen molar-refractivity contribution in [1.82, 2.24) is 4.90 Å². The van der Waals surface area contributed by atoms with Crippen LogP contribution in [-0.2, 0) is 0 Å². The van der Waals surface area contributed by atoms with Gasteiger partial charge in [0.1, 0.15) is 13.2 Å². The third kappa shape index (κ3) is 2.22. The Bertz CT molecular complexity index is 445. The van der Waals surface area contributed by atoms with E-state index in [1.165, 1.54) is 0 Å². The first-order valence-electron chi connectivity index (χ1n) is 6.27. The number of benzene rings is 1. The summed E-state index contributed by atoms with van der Waals surface area (Å²) in [6.45, 7) is 5.30. The quantitative estimate of drug-likeness (QED) is 0.776. The lowest BCUT2D eigenvalue weighted by atomic mass is 10.2. The van der Waals surface area contributed by atoms with Crippen LogP contribution in [0.2, 0.25) is 5.02 Å². The number of likely N-dealkylation sites (N-methyl/N-ethyl adjacent to an activating group) is 1. The van der Waals surface area contributed by atoms with Crippen molar-refractivity contribution in [2.45, 2.75) is 0 Å². The van der Waals surface area contributed by atoms with Crippen LogP contribution in [0.1, 0.15) is 0 Å². The van der Waals surface area contributed by atoms with Crippen molar-refractivity contribution in [2.24, 2.45) is 0 Å². The molecular weight excluding hydrogens is 252 g/mol. The molecule has 0 atom stereocenters. The highest BCUT2D eigenvalue weighted by molar-refractivity contribution is 6.31. The van der Waals surface area contributed by atoms with Crippen LogP contribution < -0.4 is 14.4 Å². The topological polar surface area (TPSA) is 24.9 Å². The maximum absolute atomic E-state index is 6.16. The van der Waals surface area contributed by atoms with Crippen molar-refractivity contribution >= 4 is 17.3 Å². The molecule has 0 radical (unpaired) electrons. The summed E-state index contributed by atoms with van der Waals surface area (Å²) in [4.78, 5) is 4.64. The molecule has 4 nitrogen and oxygen atoms in total. The van der Waals surface area contributed by atoms with Crippen LogP contribution in [0.4, 0.5) is 5.69 Å². The molecule has 2 heterocycles. The molecule has 0 spiro atoms. The Labute approximate surface area is 112 Å². The zero-order valence-corrected chi connectivity index (χ0v) is 11.2. The van der Waals surface area contributed by atoms with Gasteiger partial charge in [-0.15, -0.1) is 0 Å². The Morgan fingerprint density at radius 3 is 2.56 bits per heavy atom. The zero-order valence-electron chi connectivity index (χ0n) is 10.5. The van der Waals surface area contributed by atoms with Crippen LogP contribution in [-0.4, -0.2) is 51.3 Å². The summed E-state index contributed by atoms with van der Waals surface area (Å²) in [5.74, 6) is 1.61. The van der Waals surface area contributed by atoms with Gasteiger partial charge in [-0.1, -0.05) is 11.6 Å². The summed E-state index contributed by atoms with van der Waals surface area (Å²) in [6, 6.07) is 3.80. The van der Waals surface area contributed by atoms with E-state index in [4.69, 9.17) is 21.1 Å². The highest BCUT2D eigenvalue weighted by Crippen LogP contribution is 2.42. The lowest BCUT2D eigenvalue weighted by molar-refractivity contribution is 0.171. The third-order valence-corrected chi connectivity index (χ3v) is 3.65. The van der Waals surface area contributed by atoms with Gasteiger partial charge in [-0.3, -0.25) is 0 Å². The number of nitrogens with zero attached hydrogens (tertiary/aromatic N) is 2. The normalized spacial score (nSPS) is 20.0.